The van der Waals surface area contributed by atoms with Crippen LogP contribution in [0.4, 0.5) is 0 Å². The van der Waals surface area contributed by atoms with E-state index >= 15 is 0 Å². The molecule has 3 aromatic carbocycles. The van der Waals surface area contributed by atoms with Crippen LogP contribution in [-0.2, 0) is 5.60 Å². The maximum atomic E-state index is 11.9. The smallest absolute Gasteiger partial charge is 0.158 e. The van der Waals surface area contributed by atoms with Crippen molar-refractivity contribution in [2.24, 2.45) is 0 Å². The molecule has 0 aliphatic heterocycles. The highest BCUT2D eigenvalue weighted by Crippen LogP contribution is 2.50. The molecule has 0 saturated heterocycles. The summed E-state index contributed by atoms with van der Waals surface area (Å²) in [6.07, 6.45) is 0. The van der Waals surface area contributed by atoms with Gasteiger partial charge in [0.15, 0.2) is 5.60 Å². The van der Waals surface area contributed by atoms with Crippen molar-refractivity contribution in [2.75, 3.05) is 0 Å². The molecule has 0 bridgehead atoms. The third-order valence-electron chi connectivity index (χ3n) is 5.11. The molecule has 5 rings (SSSR count). The van der Waals surface area contributed by atoms with E-state index in [1.165, 1.54) is 0 Å². The van der Waals surface area contributed by atoms with Crippen molar-refractivity contribution in [1.29, 1.82) is 0 Å². The first-order chi connectivity index (χ1) is 12.8. The molecule has 0 amide bonds. The highest BCUT2D eigenvalue weighted by Gasteiger charge is 2.43. The van der Waals surface area contributed by atoms with E-state index in [0.29, 0.717) is 5.69 Å². The lowest BCUT2D eigenvalue weighted by Gasteiger charge is -2.25. The van der Waals surface area contributed by atoms with Crippen LogP contribution in [0.15, 0.2) is 97.1 Å². The maximum Gasteiger partial charge on any atom is 0.158 e. The molecule has 1 aliphatic rings. The van der Waals surface area contributed by atoms with Crippen molar-refractivity contribution < 1.29 is 5.11 Å². The molecule has 2 heteroatoms. The maximum absolute atomic E-state index is 11.9. The zero-order chi connectivity index (χ0) is 17.6. The Labute approximate surface area is 152 Å². The van der Waals surface area contributed by atoms with Crippen LogP contribution >= 0.6 is 0 Å². The van der Waals surface area contributed by atoms with Gasteiger partial charge in [-0.25, -0.2) is 4.98 Å². The first-order valence-electron chi connectivity index (χ1n) is 8.73. The number of hydrogen-bond acceptors (Lipinski definition) is 2. The minimum Gasteiger partial charge on any atom is -0.374 e. The minimum absolute atomic E-state index is 0.649. The van der Waals surface area contributed by atoms with E-state index in [4.69, 9.17) is 4.98 Å². The number of benzene rings is 3. The predicted molar refractivity (Wildman–Crippen MR) is 104 cm³/mol. The molecule has 4 aromatic rings. The monoisotopic (exact) mass is 335 g/mol. The van der Waals surface area contributed by atoms with Crippen LogP contribution in [0.1, 0.15) is 16.8 Å². The number of hydrogen-bond donors (Lipinski definition) is 1. The van der Waals surface area contributed by atoms with Crippen LogP contribution in [0.3, 0.4) is 0 Å². The van der Waals surface area contributed by atoms with Gasteiger partial charge in [-0.1, -0.05) is 84.9 Å². The summed E-state index contributed by atoms with van der Waals surface area (Å²) in [5.74, 6) is 0. The summed E-state index contributed by atoms with van der Waals surface area (Å²) in [5, 5.41) is 11.9. The van der Waals surface area contributed by atoms with Crippen LogP contribution in [0.5, 0.6) is 0 Å². The first-order valence-corrected chi connectivity index (χ1v) is 8.73. The van der Waals surface area contributed by atoms with Crippen LogP contribution in [0.2, 0.25) is 0 Å². The molecule has 1 aliphatic carbocycles. The topological polar surface area (TPSA) is 33.1 Å². The Hall–Kier alpha value is -3.23. The molecule has 1 aromatic heterocycles. The lowest BCUT2D eigenvalue weighted by molar-refractivity contribution is 0.126. The van der Waals surface area contributed by atoms with Gasteiger partial charge < -0.3 is 5.11 Å². The summed E-state index contributed by atoms with van der Waals surface area (Å²) < 4.78 is 0. The molecule has 1 heterocycles. The van der Waals surface area contributed by atoms with Crippen molar-refractivity contribution in [3.05, 3.63) is 114 Å². The van der Waals surface area contributed by atoms with Gasteiger partial charge in [-0.15, -0.1) is 0 Å². The minimum atomic E-state index is -1.24. The van der Waals surface area contributed by atoms with Gasteiger partial charge >= 0.3 is 0 Å². The molecule has 1 N–H and O–H groups in total. The average Bonchev–Trinajstić information content (AvgIpc) is 2.99. The normalized spacial score (nSPS) is 13.9. The van der Waals surface area contributed by atoms with Gasteiger partial charge in [0.2, 0.25) is 0 Å². The van der Waals surface area contributed by atoms with Gasteiger partial charge in [-0.2, -0.15) is 0 Å². The summed E-state index contributed by atoms with van der Waals surface area (Å²) in [7, 11) is 0. The fourth-order valence-electron chi connectivity index (χ4n) is 3.89. The van der Waals surface area contributed by atoms with Gasteiger partial charge in [0.1, 0.15) is 0 Å². The molecule has 0 fully saturated rings. The van der Waals surface area contributed by atoms with Crippen molar-refractivity contribution in [3.63, 3.8) is 0 Å². The van der Waals surface area contributed by atoms with Crippen molar-refractivity contribution in [3.8, 4) is 22.4 Å². The molecule has 0 radical (unpaired) electrons. The lowest BCUT2D eigenvalue weighted by atomic mass is 9.87. The Morgan fingerprint density at radius 3 is 1.81 bits per heavy atom. The molecule has 0 spiro atoms. The summed E-state index contributed by atoms with van der Waals surface area (Å²) in [6, 6.07) is 32.0. The SMILES string of the molecule is OC1(c2cccc(-c3ccccc3)n2)c2ccccc2-c2ccccc21. The van der Waals surface area contributed by atoms with E-state index in [1.807, 2.05) is 84.9 Å². The third-order valence-corrected chi connectivity index (χ3v) is 5.11. The average molecular weight is 335 g/mol. The van der Waals surface area contributed by atoms with Crippen molar-refractivity contribution in [2.45, 2.75) is 5.60 Å². The highest BCUT2D eigenvalue weighted by atomic mass is 16.3. The Bertz CT molecular complexity index is 1060. The molecule has 0 saturated carbocycles. The van der Waals surface area contributed by atoms with E-state index in [1.54, 1.807) is 0 Å². The number of fused-ring (bicyclic) bond motifs is 3. The number of aromatic nitrogens is 1. The van der Waals surface area contributed by atoms with Crippen LogP contribution in [0, 0.1) is 0 Å². The number of aliphatic hydroxyl groups is 1. The number of rotatable bonds is 2. The number of pyridine rings is 1. The van der Waals surface area contributed by atoms with Gasteiger partial charge in [0.25, 0.3) is 0 Å². The van der Waals surface area contributed by atoms with Crippen molar-refractivity contribution in [1.82, 2.24) is 4.98 Å². The fraction of sp³-hybridized carbons (Fsp3) is 0.0417. The Kier molecular flexibility index (Phi) is 3.27. The second-order valence-corrected chi connectivity index (χ2v) is 6.58. The van der Waals surface area contributed by atoms with Gasteiger partial charge in [-0.05, 0) is 23.3 Å². The fourth-order valence-corrected chi connectivity index (χ4v) is 3.89. The van der Waals surface area contributed by atoms with Crippen molar-refractivity contribution >= 4 is 0 Å². The summed E-state index contributed by atoms with van der Waals surface area (Å²) >= 11 is 0. The molecule has 0 unspecified atom stereocenters. The number of nitrogens with zero attached hydrogens (tertiary/aromatic N) is 1. The van der Waals surface area contributed by atoms with Crippen LogP contribution in [-0.4, -0.2) is 10.1 Å². The van der Waals surface area contributed by atoms with E-state index in [9.17, 15) is 5.11 Å². The van der Waals surface area contributed by atoms with Crippen LogP contribution < -0.4 is 0 Å². The van der Waals surface area contributed by atoms with E-state index in [2.05, 4.69) is 12.1 Å². The molecule has 2 nitrogen and oxygen atoms in total. The second kappa shape index (κ2) is 5.65. The first kappa shape index (κ1) is 15.1. The van der Waals surface area contributed by atoms with E-state index in [0.717, 1.165) is 33.5 Å². The van der Waals surface area contributed by atoms with Crippen LogP contribution in [0.25, 0.3) is 22.4 Å². The Morgan fingerprint density at radius 1 is 0.577 bits per heavy atom. The standard InChI is InChI=1S/C24H17NO/c26-24(23-16-8-15-22(25-23)17-9-2-1-3-10-17)20-13-6-4-11-18(20)19-12-5-7-14-21(19)24/h1-16,26H. The largest absolute Gasteiger partial charge is 0.374 e. The predicted octanol–water partition coefficient (Wildman–Crippen LogP) is 5.01. The summed E-state index contributed by atoms with van der Waals surface area (Å²) in [5.41, 5.74) is 5.22. The van der Waals surface area contributed by atoms with Gasteiger partial charge in [0.05, 0.1) is 11.4 Å². The molecule has 26 heavy (non-hydrogen) atoms. The lowest BCUT2D eigenvalue weighted by Crippen LogP contribution is -2.27. The summed E-state index contributed by atoms with van der Waals surface area (Å²) in [6.45, 7) is 0. The second-order valence-electron chi connectivity index (χ2n) is 6.58. The Morgan fingerprint density at radius 2 is 1.15 bits per heavy atom. The van der Waals surface area contributed by atoms with E-state index in [-0.39, 0.29) is 0 Å². The molecule has 124 valence electrons. The third kappa shape index (κ3) is 2.06. The summed E-state index contributed by atoms with van der Waals surface area (Å²) in [4.78, 5) is 4.84. The highest BCUT2D eigenvalue weighted by molar-refractivity contribution is 5.82. The quantitative estimate of drug-likeness (QED) is 0.558. The molecular formula is C24H17NO. The van der Waals surface area contributed by atoms with Gasteiger partial charge in [-0.3, -0.25) is 0 Å². The molecular weight excluding hydrogens is 318 g/mol. The Balaban J connectivity index is 1.76. The van der Waals surface area contributed by atoms with E-state index < -0.39 is 5.60 Å². The molecule has 0 atom stereocenters. The van der Waals surface area contributed by atoms with Gasteiger partial charge in [0, 0.05) is 16.7 Å². The zero-order valence-corrected chi connectivity index (χ0v) is 14.1. The zero-order valence-electron chi connectivity index (χ0n) is 14.1.